The third-order valence-electron chi connectivity index (χ3n) is 3.54. The number of aromatic nitrogens is 2. The summed E-state index contributed by atoms with van der Waals surface area (Å²) in [6, 6.07) is 1.67. The van der Waals surface area contributed by atoms with Crippen LogP contribution in [0.1, 0.15) is 23.2 Å². The molecule has 0 saturated carbocycles. The van der Waals surface area contributed by atoms with Crippen LogP contribution >= 0.6 is 0 Å². The number of likely N-dealkylation sites (tertiary alicyclic amines) is 1. The second-order valence-corrected chi connectivity index (χ2v) is 5.02. The first-order chi connectivity index (χ1) is 10.8. The van der Waals surface area contributed by atoms with Crippen LogP contribution in [0.5, 0.6) is 11.8 Å². The molecule has 1 amide bonds. The molecular weight excluding hydrogens is 286 g/mol. The number of furan rings is 1. The highest BCUT2D eigenvalue weighted by molar-refractivity contribution is 5.93. The fraction of sp³-hybridized carbons (Fsp3) is 0.400. The van der Waals surface area contributed by atoms with Crippen LogP contribution in [0.15, 0.2) is 35.4 Å². The Morgan fingerprint density at radius 1 is 1.36 bits per heavy atom. The van der Waals surface area contributed by atoms with Gasteiger partial charge in [0.1, 0.15) is 12.4 Å². The lowest BCUT2D eigenvalue weighted by molar-refractivity contribution is 0.0518. The Morgan fingerprint density at radius 2 is 2.18 bits per heavy atom. The lowest BCUT2D eigenvalue weighted by Gasteiger charge is -2.32. The molecule has 0 spiro atoms. The first kappa shape index (κ1) is 14.4. The summed E-state index contributed by atoms with van der Waals surface area (Å²) < 4.78 is 16.0. The minimum Gasteiger partial charge on any atom is -0.477 e. The summed E-state index contributed by atoms with van der Waals surface area (Å²) >= 11 is 0. The van der Waals surface area contributed by atoms with Crippen LogP contribution < -0.4 is 9.47 Å². The molecule has 3 heterocycles. The topological polar surface area (TPSA) is 77.7 Å². The van der Waals surface area contributed by atoms with Crippen LogP contribution in [0.3, 0.4) is 0 Å². The third-order valence-corrected chi connectivity index (χ3v) is 3.54. The van der Waals surface area contributed by atoms with Crippen LogP contribution in [-0.4, -0.2) is 47.1 Å². The number of hydrogen-bond donors (Lipinski definition) is 0. The lowest BCUT2D eigenvalue weighted by Crippen LogP contribution is -2.44. The molecule has 1 saturated heterocycles. The SMILES string of the molecule is COc1nccnc1OC1CCCN(C(=O)c2ccoc2)C1. The minimum atomic E-state index is -0.129. The van der Waals surface area contributed by atoms with E-state index < -0.39 is 0 Å². The Labute approximate surface area is 127 Å². The van der Waals surface area contributed by atoms with Crippen molar-refractivity contribution in [3.05, 3.63) is 36.5 Å². The van der Waals surface area contributed by atoms with Crippen molar-refractivity contribution in [1.29, 1.82) is 0 Å². The van der Waals surface area contributed by atoms with E-state index in [4.69, 9.17) is 13.9 Å². The van der Waals surface area contributed by atoms with Gasteiger partial charge in [-0.2, -0.15) is 0 Å². The summed E-state index contributed by atoms with van der Waals surface area (Å²) in [4.78, 5) is 22.3. The summed E-state index contributed by atoms with van der Waals surface area (Å²) in [5.41, 5.74) is 0.553. The van der Waals surface area contributed by atoms with Crippen LogP contribution in [0.2, 0.25) is 0 Å². The van der Waals surface area contributed by atoms with Gasteiger partial charge < -0.3 is 18.8 Å². The first-order valence-corrected chi connectivity index (χ1v) is 7.11. The Bertz CT molecular complexity index is 629. The van der Waals surface area contributed by atoms with Crippen molar-refractivity contribution in [3.8, 4) is 11.8 Å². The summed E-state index contributed by atoms with van der Waals surface area (Å²) in [6.07, 6.45) is 7.64. The highest BCUT2D eigenvalue weighted by Crippen LogP contribution is 2.24. The summed E-state index contributed by atoms with van der Waals surface area (Å²) in [5, 5.41) is 0. The highest BCUT2D eigenvalue weighted by atomic mass is 16.5. The maximum absolute atomic E-state index is 12.3. The largest absolute Gasteiger partial charge is 0.477 e. The van der Waals surface area contributed by atoms with E-state index in [1.165, 1.54) is 19.6 Å². The molecule has 22 heavy (non-hydrogen) atoms. The predicted octanol–water partition coefficient (Wildman–Crippen LogP) is 1.76. The Balaban J connectivity index is 1.67. The molecule has 7 heteroatoms. The van der Waals surface area contributed by atoms with E-state index in [1.807, 2.05) is 0 Å². The van der Waals surface area contributed by atoms with E-state index in [0.717, 1.165) is 12.8 Å². The van der Waals surface area contributed by atoms with E-state index in [2.05, 4.69) is 9.97 Å². The number of piperidine rings is 1. The predicted molar refractivity (Wildman–Crippen MR) is 76.8 cm³/mol. The van der Waals surface area contributed by atoms with E-state index in [-0.39, 0.29) is 12.0 Å². The molecule has 1 aliphatic rings. The lowest BCUT2D eigenvalue weighted by atomic mass is 10.1. The van der Waals surface area contributed by atoms with Gasteiger partial charge in [0.25, 0.3) is 17.7 Å². The normalized spacial score (nSPS) is 18.0. The van der Waals surface area contributed by atoms with Crippen molar-refractivity contribution in [2.75, 3.05) is 20.2 Å². The molecule has 2 aromatic heterocycles. The van der Waals surface area contributed by atoms with Gasteiger partial charge in [-0.1, -0.05) is 0 Å². The van der Waals surface area contributed by atoms with E-state index in [1.54, 1.807) is 23.4 Å². The fourth-order valence-corrected chi connectivity index (χ4v) is 2.48. The Kier molecular flexibility index (Phi) is 4.22. The number of methoxy groups -OCH3 is 1. The number of ether oxygens (including phenoxy) is 2. The molecule has 1 unspecified atom stereocenters. The van der Waals surface area contributed by atoms with Gasteiger partial charge in [-0.3, -0.25) is 4.79 Å². The molecule has 2 aromatic rings. The van der Waals surface area contributed by atoms with Gasteiger partial charge in [-0.25, -0.2) is 9.97 Å². The van der Waals surface area contributed by atoms with Gasteiger partial charge in [0.05, 0.1) is 25.5 Å². The van der Waals surface area contributed by atoms with Crippen LogP contribution in [0.25, 0.3) is 0 Å². The van der Waals surface area contributed by atoms with Crippen LogP contribution in [0, 0.1) is 0 Å². The molecule has 7 nitrogen and oxygen atoms in total. The number of rotatable bonds is 4. The zero-order valence-electron chi connectivity index (χ0n) is 12.3. The third kappa shape index (κ3) is 3.03. The zero-order valence-corrected chi connectivity index (χ0v) is 12.3. The number of nitrogens with zero attached hydrogens (tertiary/aromatic N) is 3. The van der Waals surface area contributed by atoms with Crippen LogP contribution in [0.4, 0.5) is 0 Å². The molecule has 1 fully saturated rings. The van der Waals surface area contributed by atoms with Gasteiger partial charge in [0.2, 0.25) is 0 Å². The number of carbonyl (C=O) groups excluding carboxylic acids is 1. The van der Waals surface area contributed by atoms with Crippen molar-refractivity contribution in [2.24, 2.45) is 0 Å². The molecule has 0 radical (unpaired) electrons. The molecule has 0 aromatic carbocycles. The average molecular weight is 303 g/mol. The highest BCUT2D eigenvalue weighted by Gasteiger charge is 2.27. The summed E-state index contributed by atoms with van der Waals surface area (Å²) in [7, 11) is 1.52. The number of amides is 1. The molecule has 0 N–H and O–H groups in total. The monoisotopic (exact) mass is 303 g/mol. The summed E-state index contributed by atoms with van der Waals surface area (Å²) in [6.45, 7) is 1.21. The molecule has 0 aliphatic carbocycles. The smallest absolute Gasteiger partial charge is 0.278 e. The van der Waals surface area contributed by atoms with Gasteiger partial charge in [0.15, 0.2) is 0 Å². The quantitative estimate of drug-likeness (QED) is 0.856. The van der Waals surface area contributed by atoms with Crippen molar-refractivity contribution >= 4 is 5.91 Å². The second kappa shape index (κ2) is 6.46. The molecular formula is C15H17N3O4. The maximum Gasteiger partial charge on any atom is 0.278 e. The van der Waals surface area contributed by atoms with E-state index in [0.29, 0.717) is 30.4 Å². The fourth-order valence-electron chi connectivity index (χ4n) is 2.48. The number of hydrogen-bond acceptors (Lipinski definition) is 6. The molecule has 0 bridgehead atoms. The maximum atomic E-state index is 12.3. The van der Waals surface area contributed by atoms with Crippen molar-refractivity contribution < 1.29 is 18.7 Å². The molecule has 1 aliphatic heterocycles. The standard InChI is InChI=1S/C15H17N3O4/c1-20-13-14(17-6-5-16-13)22-12-3-2-7-18(9-12)15(19)11-4-8-21-10-11/h4-6,8,10,12H,2-3,7,9H2,1H3. The van der Waals surface area contributed by atoms with Crippen molar-refractivity contribution in [1.82, 2.24) is 14.9 Å². The minimum absolute atomic E-state index is 0.0480. The molecule has 116 valence electrons. The average Bonchev–Trinajstić information content (AvgIpc) is 3.09. The summed E-state index contributed by atoms with van der Waals surface area (Å²) in [5.74, 6) is 0.654. The van der Waals surface area contributed by atoms with E-state index in [9.17, 15) is 4.79 Å². The van der Waals surface area contributed by atoms with Crippen LogP contribution in [-0.2, 0) is 0 Å². The van der Waals surface area contributed by atoms with Gasteiger partial charge in [-0.15, -0.1) is 0 Å². The zero-order chi connectivity index (χ0) is 15.4. The van der Waals surface area contributed by atoms with Gasteiger partial charge >= 0.3 is 0 Å². The Hall–Kier alpha value is -2.57. The number of carbonyl (C=O) groups is 1. The van der Waals surface area contributed by atoms with E-state index >= 15 is 0 Å². The van der Waals surface area contributed by atoms with Crippen molar-refractivity contribution in [2.45, 2.75) is 18.9 Å². The second-order valence-electron chi connectivity index (χ2n) is 5.02. The molecule has 1 atom stereocenters. The molecule has 3 rings (SSSR count). The van der Waals surface area contributed by atoms with Crippen molar-refractivity contribution in [3.63, 3.8) is 0 Å². The van der Waals surface area contributed by atoms with Gasteiger partial charge in [0, 0.05) is 18.9 Å². The van der Waals surface area contributed by atoms with Gasteiger partial charge in [-0.05, 0) is 18.9 Å². The first-order valence-electron chi connectivity index (χ1n) is 7.11. The Morgan fingerprint density at radius 3 is 2.91 bits per heavy atom.